The molecule has 2 heterocycles. The van der Waals surface area contributed by atoms with E-state index in [0.29, 0.717) is 17.0 Å². The topological polar surface area (TPSA) is 50.9 Å². The van der Waals surface area contributed by atoms with Gasteiger partial charge in [-0.2, -0.15) is 0 Å². The lowest BCUT2D eigenvalue weighted by Crippen LogP contribution is -2.11. The normalized spacial score (nSPS) is 12.9. The number of fused-ring (bicyclic) bond motifs is 1. The molecule has 0 aliphatic heterocycles. The van der Waals surface area contributed by atoms with Gasteiger partial charge in [-0.25, -0.2) is 4.98 Å². The first-order valence-corrected chi connectivity index (χ1v) is 20.3. The molecular formula is C54H53N3O. The zero-order valence-electron chi connectivity index (χ0n) is 37.7. The van der Waals surface area contributed by atoms with Crippen LogP contribution in [0.15, 0.2) is 140 Å². The van der Waals surface area contributed by atoms with E-state index in [0.717, 1.165) is 83.6 Å². The van der Waals surface area contributed by atoms with Crippen molar-refractivity contribution in [3.63, 3.8) is 0 Å². The van der Waals surface area contributed by atoms with Gasteiger partial charge in [0, 0.05) is 27.1 Å². The van der Waals surface area contributed by atoms with Crippen molar-refractivity contribution in [1.82, 2.24) is 14.5 Å². The van der Waals surface area contributed by atoms with Crippen LogP contribution in [-0.4, -0.2) is 19.6 Å². The molecule has 0 aliphatic rings. The highest BCUT2D eigenvalue weighted by atomic mass is 16.3. The molecular weight excluding hydrogens is 707 g/mol. The predicted molar refractivity (Wildman–Crippen MR) is 244 cm³/mol. The maximum atomic E-state index is 12.1. The fourth-order valence-electron chi connectivity index (χ4n) is 7.88. The Labute approximate surface area is 348 Å². The van der Waals surface area contributed by atoms with E-state index in [1.54, 1.807) is 12.1 Å². The minimum atomic E-state index is -2.16. The Kier molecular flexibility index (Phi) is 9.19. The van der Waals surface area contributed by atoms with E-state index in [1.807, 2.05) is 30.5 Å². The molecule has 58 heavy (non-hydrogen) atoms. The van der Waals surface area contributed by atoms with Gasteiger partial charge in [0.25, 0.3) is 0 Å². The molecule has 0 aliphatic carbocycles. The smallest absolute Gasteiger partial charge is 0.149 e. The number of pyridine rings is 1. The van der Waals surface area contributed by atoms with Crippen LogP contribution in [0.4, 0.5) is 0 Å². The van der Waals surface area contributed by atoms with E-state index in [9.17, 15) is 5.11 Å². The van der Waals surface area contributed by atoms with Crippen molar-refractivity contribution in [2.24, 2.45) is 0 Å². The lowest BCUT2D eigenvalue weighted by atomic mass is 9.83. The number of rotatable bonds is 8. The largest absolute Gasteiger partial charge is 0.507 e. The van der Waals surface area contributed by atoms with E-state index < -0.39 is 6.85 Å². The standard InChI is InChI=1S/C54H53N3O/c1-33(2)40-30-47(34(3)4)52(58)48(31-40)53-56-51-46(16-13-17-50(51)57(53)45-25-36(6)24-41(29-45)37-14-11-10-12-15-37)42-26-43(28-44(27-42)54(7,8)9)49-32-39(22-23-55-49)38-20-18-35(5)19-21-38/h10-34,58H,1-9H3/i5D3. The van der Waals surface area contributed by atoms with Gasteiger partial charge >= 0.3 is 0 Å². The molecule has 0 bridgehead atoms. The minimum Gasteiger partial charge on any atom is -0.507 e. The first-order valence-electron chi connectivity index (χ1n) is 21.8. The summed E-state index contributed by atoms with van der Waals surface area (Å²) in [5, 5.41) is 12.1. The molecule has 0 saturated heterocycles. The molecule has 8 rings (SSSR count). The van der Waals surface area contributed by atoms with Crippen molar-refractivity contribution in [3.8, 4) is 67.5 Å². The van der Waals surface area contributed by atoms with Crippen molar-refractivity contribution >= 4 is 11.0 Å². The van der Waals surface area contributed by atoms with Gasteiger partial charge in [0.05, 0.1) is 22.3 Å². The van der Waals surface area contributed by atoms with E-state index in [4.69, 9.17) is 14.1 Å². The molecule has 290 valence electrons. The van der Waals surface area contributed by atoms with Crippen LogP contribution < -0.4 is 0 Å². The van der Waals surface area contributed by atoms with Crippen LogP contribution in [0.2, 0.25) is 0 Å². The Morgan fingerprint density at radius 3 is 2.07 bits per heavy atom. The van der Waals surface area contributed by atoms with Gasteiger partial charge < -0.3 is 5.11 Å². The minimum absolute atomic E-state index is 0.105. The molecule has 0 unspecified atom stereocenters. The number of hydrogen-bond acceptors (Lipinski definition) is 3. The quantitative estimate of drug-likeness (QED) is 0.168. The molecule has 0 saturated carbocycles. The summed E-state index contributed by atoms with van der Waals surface area (Å²) in [7, 11) is 0. The van der Waals surface area contributed by atoms with Crippen LogP contribution >= 0.6 is 0 Å². The van der Waals surface area contributed by atoms with Crippen LogP contribution in [0, 0.1) is 13.8 Å². The summed E-state index contributed by atoms with van der Waals surface area (Å²) in [6.07, 6.45) is 1.81. The van der Waals surface area contributed by atoms with Gasteiger partial charge in [0.15, 0.2) is 0 Å². The van der Waals surface area contributed by atoms with Gasteiger partial charge in [-0.05, 0) is 130 Å². The van der Waals surface area contributed by atoms with Crippen molar-refractivity contribution in [1.29, 1.82) is 0 Å². The summed E-state index contributed by atoms with van der Waals surface area (Å²) in [6, 6.07) is 45.5. The Bertz CT molecular complexity index is 2900. The average molecular weight is 763 g/mol. The summed E-state index contributed by atoms with van der Waals surface area (Å²) in [6.45, 7) is 15.3. The molecule has 8 aromatic rings. The van der Waals surface area contributed by atoms with E-state index in [1.165, 1.54) is 0 Å². The average Bonchev–Trinajstić information content (AvgIpc) is 3.63. The third-order valence-electron chi connectivity index (χ3n) is 11.2. The van der Waals surface area contributed by atoms with Crippen molar-refractivity contribution in [2.45, 2.75) is 79.5 Å². The van der Waals surface area contributed by atoms with Crippen molar-refractivity contribution in [2.75, 3.05) is 0 Å². The summed E-state index contributed by atoms with van der Waals surface area (Å²) >= 11 is 0. The van der Waals surface area contributed by atoms with Gasteiger partial charge in [-0.15, -0.1) is 0 Å². The molecule has 0 spiro atoms. The van der Waals surface area contributed by atoms with Gasteiger partial charge in [0.2, 0.25) is 0 Å². The van der Waals surface area contributed by atoms with Crippen LogP contribution in [0.1, 0.15) is 92.2 Å². The van der Waals surface area contributed by atoms with Crippen LogP contribution in [0.25, 0.3) is 72.7 Å². The number of nitrogens with zero attached hydrogens (tertiary/aromatic N) is 3. The molecule has 0 radical (unpaired) electrons. The second kappa shape index (κ2) is 15.2. The van der Waals surface area contributed by atoms with Crippen LogP contribution in [-0.2, 0) is 5.41 Å². The first kappa shape index (κ1) is 34.9. The monoisotopic (exact) mass is 762 g/mol. The third kappa shape index (κ3) is 7.47. The number of aryl methyl sites for hydroxylation is 2. The van der Waals surface area contributed by atoms with E-state index in [-0.39, 0.29) is 23.0 Å². The zero-order valence-corrected chi connectivity index (χ0v) is 34.7. The molecule has 0 atom stereocenters. The number of aromatic hydroxyl groups is 1. The molecule has 4 nitrogen and oxygen atoms in total. The Morgan fingerprint density at radius 2 is 1.36 bits per heavy atom. The maximum absolute atomic E-state index is 12.1. The molecule has 1 N–H and O–H groups in total. The highest BCUT2D eigenvalue weighted by molar-refractivity contribution is 5.97. The molecule has 0 fully saturated rings. The number of benzene rings is 6. The summed E-state index contributed by atoms with van der Waals surface area (Å²) in [5.41, 5.74) is 15.8. The maximum Gasteiger partial charge on any atom is 0.149 e. The lowest BCUT2D eigenvalue weighted by molar-refractivity contribution is 0.466. The Hall–Kier alpha value is -6.26. The molecule has 0 amide bonds. The SMILES string of the molecule is [2H]C([2H])([2H])c1ccc(-c2ccnc(-c3cc(-c4cccc5c4nc(-c4cc(C(C)C)cc(C(C)C)c4O)n5-c4cc(C)cc(-c5ccccc5)c4)cc(C(C)(C)C)c3)c2)cc1. The number of imidazole rings is 1. The number of para-hydroxylation sites is 1. The molecule has 6 aromatic carbocycles. The predicted octanol–water partition coefficient (Wildman–Crippen LogP) is 14.6. The van der Waals surface area contributed by atoms with Crippen molar-refractivity contribution < 1.29 is 9.22 Å². The fourth-order valence-corrected chi connectivity index (χ4v) is 7.88. The van der Waals surface area contributed by atoms with Gasteiger partial charge in [-0.3, -0.25) is 9.55 Å². The molecule has 2 aromatic heterocycles. The Balaban J connectivity index is 1.37. The van der Waals surface area contributed by atoms with Crippen LogP contribution in [0.3, 0.4) is 0 Å². The highest BCUT2D eigenvalue weighted by Gasteiger charge is 2.25. The van der Waals surface area contributed by atoms with Crippen molar-refractivity contribution in [3.05, 3.63) is 167 Å². The summed E-state index contributed by atoms with van der Waals surface area (Å²) in [4.78, 5) is 10.4. The lowest BCUT2D eigenvalue weighted by Gasteiger charge is -2.22. The number of phenolic OH excluding ortho intramolecular Hbond substituents is 1. The first-order chi connectivity index (χ1) is 29.0. The number of aromatic nitrogens is 3. The number of phenols is 1. The zero-order chi connectivity index (χ0) is 43.4. The van der Waals surface area contributed by atoms with E-state index >= 15 is 0 Å². The number of hydrogen-bond donors (Lipinski definition) is 1. The summed E-state index contributed by atoms with van der Waals surface area (Å²) < 4.78 is 25.7. The second-order valence-electron chi connectivity index (χ2n) is 17.2. The fraction of sp³-hybridized carbons (Fsp3) is 0.222. The summed E-state index contributed by atoms with van der Waals surface area (Å²) in [5.74, 6) is 1.28. The molecule has 4 heteroatoms. The van der Waals surface area contributed by atoms with Gasteiger partial charge in [0.1, 0.15) is 11.6 Å². The second-order valence-corrected chi connectivity index (χ2v) is 17.2. The van der Waals surface area contributed by atoms with Crippen LogP contribution in [0.5, 0.6) is 5.75 Å². The third-order valence-corrected chi connectivity index (χ3v) is 11.2. The Morgan fingerprint density at radius 1 is 0.621 bits per heavy atom. The van der Waals surface area contributed by atoms with Gasteiger partial charge in [-0.1, -0.05) is 139 Å². The van der Waals surface area contributed by atoms with E-state index in [2.05, 4.69) is 157 Å². The highest BCUT2D eigenvalue weighted by Crippen LogP contribution is 2.43.